The number of carbonyl (C=O) groups is 1. The Balaban J connectivity index is 1.34. The molecule has 2 aliphatic rings. The van der Waals surface area contributed by atoms with E-state index >= 15 is 0 Å². The topological polar surface area (TPSA) is 36.4 Å². The van der Waals surface area contributed by atoms with Gasteiger partial charge in [0.05, 0.1) is 22.7 Å². The highest BCUT2D eigenvalue weighted by molar-refractivity contribution is 7.18. The van der Waals surface area contributed by atoms with Gasteiger partial charge in [-0.15, -0.1) is 34.5 Å². The Morgan fingerprint density at radius 3 is 2.61 bits per heavy atom. The lowest BCUT2D eigenvalue weighted by Crippen LogP contribution is -2.49. The first-order valence-corrected chi connectivity index (χ1v) is 9.33. The number of benzene rings is 1. The lowest BCUT2D eigenvalue weighted by Gasteiger charge is -2.34. The number of para-hydroxylation sites is 1. The van der Waals surface area contributed by atoms with E-state index in [-0.39, 0.29) is 11.8 Å². The summed E-state index contributed by atoms with van der Waals surface area (Å²) >= 11 is 13.7. The molecule has 0 bridgehead atoms. The summed E-state index contributed by atoms with van der Waals surface area (Å²) in [5, 5.41) is 1.13. The lowest BCUT2D eigenvalue weighted by atomic mass is 10.2. The molecule has 0 radical (unpaired) electrons. The van der Waals surface area contributed by atoms with Crippen molar-refractivity contribution in [3.63, 3.8) is 0 Å². The van der Waals surface area contributed by atoms with Gasteiger partial charge in [-0.2, -0.15) is 0 Å². The molecule has 4 rings (SSSR count). The molecule has 7 heteroatoms. The van der Waals surface area contributed by atoms with E-state index in [0.29, 0.717) is 6.42 Å². The lowest BCUT2D eigenvalue weighted by molar-refractivity contribution is -0.134. The minimum absolute atomic E-state index is 0.106. The zero-order valence-electron chi connectivity index (χ0n) is 12.5. The Kier molecular flexibility index (Phi) is 4.00. The second-order valence-electron chi connectivity index (χ2n) is 6.19. The Morgan fingerprint density at radius 2 is 1.96 bits per heavy atom. The highest BCUT2D eigenvalue weighted by Gasteiger charge is 2.57. The number of halogens is 2. The van der Waals surface area contributed by atoms with Crippen molar-refractivity contribution in [2.75, 3.05) is 26.2 Å². The first-order valence-electron chi connectivity index (χ1n) is 7.76. The summed E-state index contributed by atoms with van der Waals surface area (Å²) < 4.78 is 0.403. The number of carbonyl (C=O) groups excluding carboxylic acids is 1. The third-order valence-corrected chi connectivity index (χ3v) is 6.36. The van der Waals surface area contributed by atoms with Crippen molar-refractivity contribution in [3.05, 3.63) is 29.3 Å². The van der Waals surface area contributed by atoms with Gasteiger partial charge in [-0.05, 0) is 18.6 Å². The quantitative estimate of drug-likeness (QED) is 0.779. The number of fused-ring (bicyclic) bond motifs is 1. The van der Waals surface area contributed by atoms with Crippen molar-refractivity contribution in [1.29, 1.82) is 0 Å². The van der Waals surface area contributed by atoms with Crippen LogP contribution in [-0.2, 0) is 11.3 Å². The molecule has 1 aromatic heterocycles. The monoisotopic (exact) mass is 369 g/mol. The van der Waals surface area contributed by atoms with Gasteiger partial charge in [-0.25, -0.2) is 4.98 Å². The molecule has 1 amide bonds. The van der Waals surface area contributed by atoms with Crippen molar-refractivity contribution >= 4 is 50.7 Å². The van der Waals surface area contributed by atoms with E-state index in [4.69, 9.17) is 23.2 Å². The second-order valence-corrected chi connectivity index (χ2v) is 8.85. The molecule has 2 heterocycles. The van der Waals surface area contributed by atoms with E-state index in [2.05, 4.69) is 16.0 Å². The highest BCUT2D eigenvalue weighted by Crippen LogP contribution is 2.53. The molecule has 0 spiro atoms. The number of hydrogen-bond donors (Lipinski definition) is 0. The van der Waals surface area contributed by atoms with Crippen molar-refractivity contribution in [2.45, 2.75) is 17.3 Å². The maximum absolute atomic E-state index is 12.3. The Morgan fingerprint density at radius 1 is 1.26 bits per heavy atom. The summed E-state index contributed by atoms with van der Waals surface area (Å²) in [6, 6.07) is 8.21. The maximum Gasteiger partial charge on any atom is 0.228 e. The number of alkyl halides is 2. The molecule has 1 unspecified atom stereocenters. The number of hydrogen-bond acceptors (Lipinski definition) is 4. The summed E-state index contributed by atoms with van der Waals surface area (Å²) in [5.74, 6) is -0.101. The number of aromatic nitrogens is 1. The molecule has 2 fully saturated rings. The molecule has 122 valence electrons. The normalized spacial score (nSPS) is 24.1. The highest BCUT2D eigenvalue weighted by atomic mass is 35.5. The summed E-state index contributed by atoms with van der Waals surface area (Å²) in [6.45, 7) is 4.06. The number of piperazine rings is 1. The van der Waals surface area contributed by atoms with Gasteiger partial charge in [0.15, 0.2) is 0 Å². The fourth-order valence-corrected chi connectivity index (χ4v) is 4.51. The van der Waals surface area contributed by atoms with Crippen LogP contribution in [0.15, 0.2) is 24.3 Å². The average molecular weight is 370 g/mol. The zero-order valence-corrected chi connectivity index (χ0v) is 14.9. The van der Waals surface area contributed by atoms with Gasteiger partial charge in [0.1, 0.15) is 9.34 Å². The van der Waals surface area contributed by atoms with E-state index in [1.165, 1.54) is 4.70 Å². The molecule has 1 aromatic carbocycles. The van der Waals surface area contributed by atoms with Gasteiger partial charge in [0, 0.05) is 26.2 Å². The molecule has 2 aromatic rings. The van der Waals surface area contributed by atoms with Crippen molar-refractivity contribution in [3.8, 4) is 0 Å². The van der Waals surface area contributed by atoms with Crippen LogP contribution in [0.3, 0.4) is 0 Å². The van der Waals surface area contributed by atoms with E-state index < -0.39 is 4.33 Å². The summed E-state index contributed by atoms with van der Waals surface area (Å²) in [6.07, 6.45) is 0.584. The van der Waals surface area contributed by atoms with Crippen LogP contribution in [0.4, 0.5) is 0 Å². The van der Waals surface area contributed by atoms with Crippen LogP contribution in [0.2, 0.25) is 0 Å². The van der Waals surface area contributed by atoms with Gasteiger partial charge >= 0.3 is 0 Å². The van der Waals surface area contributed by atoms with Crippen molar-refractivity contribution in [2.24, 2.45) is 5.92 Å². The SMILES string of the molecule is O=C(C1CC1(Cl)Cl)N1CCN(Cc2nc3ccccc3s2)CC1. The third-order valence-electron chi connectivity index (χ3n) is 4.51. The molecule has 0 N–H and O–H groups in total. The van der Waals surface area contributed by atoms with E-state index in [9.17, 15) is 4.79 Å². The number of thiazole rings is 1. The zero-order chi connectivity index (χ0) is 16.0. The summed E-state index contributed by atoms with van der Waals surface area (Å²) in [7, 11) is 0. The molecular weight excluding hydrogens is 353 g/mol. The van der Waals surface area contributed by atoms with Gasteiger partial charge in [0.25, 0.3) is 0 Å². The fraction of sp³-hybridized carbons (Fsp3) is 0.500. The Bertz CT molecular complexity index is 707. The maximum atomic E-state index is 12.3. The first-order chi connectivity index (χ1) is 11.0. The van der Waals surface area contributed by atoms with Crippen LogP contribution in [0, 0.1) is 5.92 Å². The molecule has 4 nitrogen and oxygen atoms in total. The van der Waals surface area contributed by atoms with Gasteiger partial charge in [-0.1, -0.05) is 12.1 Å². The Hall–Kier alpha value is -0.880. The van der Waals surface area contributed by atoms with Gasteiger partial charge in [0.2, 0.25) is 5.91 Å². The van der Waals surface area contributed by atoms with Crippen LogP contribution < -0.4 is 0 Å². The molecule has 1 atom stereocenters. The molecular formula is C16H17Cl2N3OS. The number of nitrogens with zero attached hydrogens (tertiary/aromatic N) is 3. The summed E-state index contributed by atoms with van der Waals surface area (Å²) in [5.41, 5.74) is 1.07. The van der Waals surface area contributed by atoms with E-state index in [1.54, 1.807) is 11.3 Å². The minimum atomic E-state index is -0.824. The van der Waals surface area contributed by atoms with Crippen molar-refractivity contribution < 1.29 is 4.79 Å². The van der Waals surface area contributed by atoms with Crippen LogP contribution in [-0.4, -0.2) is 51.2 Å². The van der Waals surface area contributed by atoms with Gasteiger partial charge in [-0.3, -0.25) is 9.69 Å². The predicted molar refractivity (Wildman–Crippen MR) is 94.0 cm³/mol. The molecule has 1 aliphatic carbocycles. The van der Waals surface area contributed by atoms with E-state index in [1.807, 2.05) is 23.1 Å². The largest absolute Gasteiger partial charge is 0.340 e. The fourth-order valence-electron chi connectivity index (χ4n) is 3.01. The number of amides is 1. The molecule has 1 saturated carbocycles. The standard InChI is InChI=1S/C16H17Cl2N3OS/c17-16(18)9-11(16)15(22)21-7-5-20(6-8-21)10-14-19-12-3-1-2-4-13(12)23-14/h1-4,11H,5-10H2. The van der Waals surface area contributed by atoms with E-state index in [0.717, 1.165) is 43.2 Å². The minimum Gasteiger partial charge on any atom is -0.340 e. The first kappa shape index (κ1) is 15.6. The van der Waals surface area contributed by atoms with Crippen molar-refractivity contribution in [1.82, 2.24) is 14.8 Å². The molecule has 1 saturated heterocycles. The predicted octanol–water partition coefficient (Wildman–Crippen LogP) is 3.13. The smallest absolute Gasteiger partial charge is 0.228 e. The molecule has 1 aliphatic heterocycles. The Labute approximate surface area is 149 Å². The number of rotatable bonds is 3. The average Bonchev–Trinajstić information content (AvgIpc) is 3.00. The summed E-state index contributed by atoms with van der Waals surface area (Å²) in [4.78, 5) is 21.2. The second kappa shape index (κ2) is 5.88. The van der Waals surface area contributed by atoms with Crippen LogP contribution in [0.1, 0.15) is 11.4 Å². The van der Waals surface area contributed by atoms with Gasteiger partial charge < -0.3 is 4.90 Å². The van der Waals surface area contributed by atoms with Crippen LogP contribution >= 0.6 is 34.5 Å². The van der Waals surface area contributed by atoms with Crippen LogP contribution in [0.5, 0.6) is 0 Å². The third kappa shape index (κ3) is 3.20. The van der Waals surface area contributed by atoms with Crippen LogP contribution in [0.25, 0.3) is 10.2 Å². The molecule has 23 heavy (non-hydrogen) atoms.